The van der Waals surface area contributed by atoms with Gasteiger partial charge in [0.1, 0.15) is 0 Å². The molecule has 2 N–H and O–H groups in total. The van der Waals surface area contributed by atoms with Gasteiger partial charge >= 0.3 is 0 Å². The van der Waals surface area contributed by atoms with Crippen molar-refractivity contribution in [3.05, 3.63) is 0 Å². The minimum absolute atomic E-state index is 0.0298. The van der Waals surface area contributed by atoms with Gasteiger partial charge in [0.25, 0.3) is 0 Å². The number of hydrogen-bond donors (Lipinski definition) is 2. The van der Waals surface area contributed by atoms with E-state index in [0.717, 1.165) is 0 Å². The van der Waals surface area contributed by atoms with E-state index in [1.165, 1.54) is 0 Å². The van der Waals surface area contributed by atoms with E-state index in [1.54, 1.807) is 6.92 Å². The molecule has 0 bridgehead atoms. The number of aliphatic hydroxyl groups excluding tert-OH is 1. The van der Waals surface area contributed by atoms with Gasteiger partial charge in [-0.15, -0.1) is 0 Å². The first-order chi connectivity index (χ1) is 4.66. The van der Waals surface area contributed by atoms with Crippen LogP contribution < -0.4 is 5.32 Å². The Bertz CT molecular complexity index is 106. The number of carbonyl (C=O) groups is 1. The lowest BCUT2D eigenvalue weighted by atomic mass is 10.4. The molecule has 1 atom stereocenters. The molecule has 0 aromatic rings. The van der Waals surface area contributed by atoms with E-state index in [2.05, 4.69) is 21.2 Å². The molecule has 3 nitrogen and oxygen atoms in total. The van der Waals surface area contributed by atoms with Crippen LogP contribution in [0.15, 0.2) is 0 Å². The number of carbonyl (C=O) groups excluding carboxylic acids is 1. The molecule has 0 rings (SSSR count). The van der Waals surface area contributed by atoms with Gasteiger partial charge in [-0.2, -0.15) is 0 Å². The summed E-state index contributed by atoms with van der Waals surface area (Å²) in [5.74, 6) is -0.0298. The first-order valence-electron chi connectivity index (χ1n) is 3.17. The van der Waals surface area contributed by atoms with Gasteiger partial charge < -0.3 is 10.4 Å². The first kappa shape index (κ1) is 9.91. The van der Waals surface area contributed by atoms with Gasteiger partial charge in [-0.1, -0.05) is 15.9 Å². The molecule has 0 aromatic heterocycles. The topological polar surface area (TPSA) is 49.3 Å². The van der Waals surface area contributed by atoms with Crippen LogP contribution in [-0.2, 0) is 4.79 Å². The van der Waals surface area contributed by atoms with E-state index in [4.69, 9.17) is 5.11 Å². The highest BCUT2D eigenvalue weighted by Gasteiger charge is 2.00. The molecule has 0 aliphatic heterocycles. The summed E-state index contributed by atoms with van der Waals surface area (Å²) in [6, 6.07) is 0. The van der Waals surface area contributed by atoms with Gasteiger partial charge in [-0.3, -0.25) is 4.79 Å². The van der Waals surface area contributed by atoms with Crippen molar-refractivity contribution in [3.63, 3.8) is 0 Å². The monoisotopic (exact) mass is 209 g/mol. The van der Waals surface area contributed by atoms with Crippen LogP contribution in [0.3, 0.4) is 0 Å². The SMILES string of the molecule is C[C@@H](O)CNC(=O)CCBr. The summed E-state index contributed by atoms with van der Waals surface area (Å²) in [6.45, 7) is 1.97. The van der Waals surface area contributed by atoms with Gasteiger partial charge in [-0.05, 0) is 6.92 Å². The van der Waals surface area contributed by atoms with Gasteiger partial charge in [-0.25, -0.2) is 0 Å². The van der Waals surface area contributed by atoms with Crippen LogP contribution in [0, 0.1) is 0 Å². The summed E-state index contributed by atoms with van der Waals surface area (Å²) in [4.78, 5) is 10.7. The lowest BCUT2D eigenvalue weighted by Gasteiger charge is -2.04. The lowest BCUT2D eigenvalue weighted by Crippen LogP contribution is -2.30. The Hall–Kier alpha value is -0.0900. The van der Waals surface area contributed by atoms with E-state index < -0.39 is 6.10 Å². The number of alkyl halides is 1. The smallest absolute Gasteiger partial charge is 0.220 e. The van der Waals surface area contributed by atoms with Crippen LogP contribution in [0.1, 0.15) is 13.3 Å². The average Bonchev–Trinajstić information content (AvgIpc) is 1.85. The van der Waals surface area contributed by atoms with Crippen LogP contribution in [0.5, 0.6) is 0 Å². The summed E-state index contributed by atoms with van der Waals surface area (Å²) < 4.78 is 0. The molecule has 60 valence electrons. The third-order valence-corrected chi connectivity index (χ3v) is 1.31. The van der Waals surface area contributed by atoms with Crippen LogP contribution in [-0.4, -0.2) is 29.0 Å². The first-order valence-corrected chi connectivity index (χ1v) is 4.29. The fourth-order valence-electron chi connectivity index (χ4n) is 0.436. The zero-order valence-corrected chi connectivity index (χ0v) is 7.52. The third kappa shape index (κ3) is 6.04. The van der Waals surface area contributed by atoms with E-state index >= 15 is 0 Å². The van der Waals surface area contributed by atoms with Crippen molar-refractivity contribution in [2.45, 2.75) is 19.4 Å². The molecule has 0 radical (unpaired) electrons. The zero-order valence-electron chi connectivity index (χ0n) is 5.93. The van der Waals surface area contributed by atoms with Gasteiger partial charge in [0.15, 0.2) is 0 Å². The Balaban J connectivity index is 3.22. The molecule has 0 spiro atoms. The van der Waals surface area contributed by atoms with Crippen molar-refractivity contribution in [2.24, 2.45) is 0 Å². The molecular formula is C6H12BrNO2. The largest absolute Gasteiger partial charge is 0.392 e. The Morgan fingerprint density at radius 3 is 2.80 bits per heavy atom. The van der Waals surface area contributed by atoms with Crippen molar-refractivity contribution < 1.29 is 9.90 Å². The molecule has 4 heteroatoms. The van der Waals surface area contributed by atoms with Crippen molar-refractivity contribution in [2.75, 3.05) is 11.9 Å². The Morgan fingerprint density at radius 2 is 2.40 bits per heavy atom. The van der Waals surface area contributed by atoms with Gasteiger partial charge in [0.2, 0.25) is 5.91 Å². The fraction of sp³-hybridized carbons (Fsp3) is 0.833. The molecule has 0 aromatic carbocycles. The molecule has 0 fully saturated rings. The van der Waals surface area contributed by atoms with Crippen molar-refractivity contribution in [1.82, 2.24) is 5.32 Å². The molecule has 0 saturated carbocycles. The molecular weight excluding hydrogens is 198 g/mol. The summed E-state index contributed by atoms with van der Waals surface area (Å²) in [5, 5.41) is 12.0. The van der Waals surface area contributed by atoms with Gasteiger partial charge in [0.05, 0.1) is 6.10 Å². The second kappa shape index (κ2) is 5.68. The number of amides is 1. The highest BCUT2D eigenvalue weighted by atomic mass is 79.9. The normalized spacial score (nSPS) is 12.7. The molecule has 0 aliphatic rings. The van der Waals surface area contributed by atoms with Crippen molar-refractivity contribution in [1.29, 1.82) is 0 Å². The average molecular weight is 210 g/mol. The lowest BCUT2D eigenvalue weighted by molar-refractivity contribution is -0.121. The molecule has 0 heterocycles. The number of hydrogen-bond acceptors (Lipinski definition) is 2. The van der Waals surface area contributed by atoms with Crippen LogP contribution in [0.4, 0.5) is 0 Å². The second-order valence-corrected chi connectivity index (χ2v) is 2.89. The van der Waals surface area contributed by atoms with E-state index in [-0.39, 0.29) is 5.91 Å². The Kier molecular flexibility index (Phi) is 5.63. The molecule has 0 unspecified atom stereocenters. The summed E-state index contributed by atoms with van der Waals surface area (Å²) in [6.07, 6.45) is 0.00600. The minimum atomic E-state index is -0.459. The fourth-order valence-corrected chi connectivity index (χ4v) is 0.796. The van der Waals surface area contributed by atoms with Crippen LogP contribution >= 0.6 is 15.9 Å². The number of nitrogens with one attached hydrogen (secondary N) is 1. The minimum Gasteiger partial charge on any atom is -0.392 e. The molecule has 0 aliphatic carbocycles. The Labute approximate surface area is 68.9 Å². The number of rotatable bonds is 4. The maximum absolute atomic E-state index is 10.7. The van der Waals surface area contributed by atoms with E-state index in [0.29, 0.717) is 18.3 Å². The van der Waals surface area contributed by atoms with Gasteiger partial charge in [0, 0.05) is 18.3 Å². The maximum Gasteiger partial charge on any atom is 0.220 e. The Morgan fingerprint density at radius 1 is 1.80 bits per heavy atom. The predicted octanol–water partition coefficient (Wildman–Crippen LogP) is 0.268. The standard InChI is InChI=1S/C6H12BrNO2/c1-5(9)4-8-6(10)2-3-7/h5,9H,2-4H2,1H3,(H,8,10)/t5-/m1/s1. The predicted molar refractivity (Wildman–Crippen MR) is 43.1 cm³/mol. The molecule has 1 amide bonds. The maximum atomic E-state index is 10.7. The number of halogens is 1. The third-order valence-electron chi connectivity index (χ3n) is 0.916. The van der Waals surface area contributed by atoms with Crippen molar-refractivity contribution in [3.8, 4) is 0 Å². The van der Waals surface area contributed by atoms with Crippen LogP contribution in [0.25, 0.3) is 0 Å². The highest BCUT2D eigenvalue weighted by molar-refractivity contribution is 9.09. The quantitative estimate of drug-likeness (QED) is 0.654. The summed E-state index contributed by atoms with van der Waals surface area (Å²) in [5.41, 5.74) is 0. The summed E-state index contributed by atoms with van der Waals surface area (Å²) in [7, 11) is 0. The second-order valence-electron chi connectivity index (χ2n) is 2.09. The van der Waals surface area contributed by atoms with E-state index in [1.807, 2.05) is 0 Å². The zero-order chi connectivity index (χ0) is 7.98. The van der Waals surface area contributed by atoms with Crippen LogP contribution in [0.2, 0.25) is 0 Å². The number of aliphatic hydroxyl groups is 1. The van der Waals surface area contributed by atoms with Crippen molar-refractivity contribution >= 4 is 21.8 Å². The molecule has 0 saturated heterocycles. The molecule has 10 heavy (non-hydrogen) atoms. The highest BCUT2D eigenvalue weighted by Crippen LogP contribution is 1.86. The van der Waals surface area contributed by atoms with E-state index in [9.17, 15) is 4.79 Å². The summed E-state index contributed by atoms with van der Waals surface area (Å²) >= 11 is 3.13.